The van der Waals surface area contributed by atoms with Crippen molar-refractivity contribution in [1.29, 1.82) is 0 Å². The van der Waals surface area contributed by atoms with Crippen molar-refractivity contribution in [1.82, 2.24) is 14.8 Å². The van der Waals surface area contributed by atoms with Crippen molar-refractivity contribution in [2.24, 2.45) is 0 Å². The molecule has 1 N–H and O–H groups in total. The van der Waals surface area contributed by atoms with Gasteiger partial charge in [-0.25, -0.2) is 4.79 Å². The normalized spacial score (nSPS) is 16.0. The third-order valence-corrected chi connectivity index (χ3v) is 5.23. The van der Waals surface area contributed by atoms with Gasteiger partial charge in [-0.2, -0.15) is 0 Å². The molecule has 0 radical (unpaired) electrons. The van der Waals surface area contributed by atoms with Crippen LogP contribution in [0.2, 0.25) is 0 Å². The Hall–Kier alpha value is -3.01. The van der Waals surface area contributed by atoms with Crippen LogP contribution in [0.25, 0.3) is 0 Å². The highest BCUT2D eigenvalue weighted by atomic mass is 16.2. The van der Waals surface area contributed by atoms with E-state index in [1.165, 1.54) is 16.8 Å². The Morgan fingerprint density at radius 1 is 0.889 bits per heavy atom. The van der Waals surface area contributed by atoms with Gasteiger partial charge in [-0.3, -0.25) is 0 Å². The maximum Gasteiger partial charge on any atom is 0.318 e. The van der Waals surface area contributed by atoms with Crippen LogP contribution in [-0.4, -0.2) is 28.6 Å². The maximum atomic E-state index is 12.9. The first-order valence-electron chi connectivity index (χ1n) is 9.58. The molecule has 4 rings (SSSR count). The number of rotatable bonds is 5. The van der Waals surface area contributed by atoms with Crippen molar-refractivity contribution in [3.8, 4) is 0 Å². The van der Waals surface area contributed by atoms with Crippen LogP contribution in [0.4, 0.5) is 4.79 Å². The van der Waals surface area contributed by atoms with Gasteiger partial charge in [-0.15, -0.1) is 0 Å². The molecule has 1 aliphatic heterocycles. The Morgan fingerprint density at radius 3 is 2.33 bits per heavy atom. The molecule has 2 aromatic carbocycles. The highest BCUT2D eigenvalue weighted by Gasteiger charge is 2.30. The first kappa shape index (κ1) is 17.4. The number of fused-ring (bicyclic) bond motifs is 1. The number of nitrogens with zero attached hydrogens (tertiary/aromatic N) is 2. The van der Waals surface area contributed by atoms with E-state index in [1.54, 1.807) is 0 Å². The van der Waals surface area contributed by atoms with Gasteiger partial charge in [0.2, 0.25) is 0 Å². The molecule has 2 amide bonds. The Morgan fingerprint density at radius 2 is 1.59 bits per heavy atom. The van der Waals surface area contributed by atoms with Crippen LogP contribution in [0, 0.1) is 0 Å². The smallest absolute Gasteiger partial charge is 0.318 e. The zero-order chi connectivity index (χ0) is 18.5. The summed E-state index contributed by atoms with van der Waals surface area (Å²) in [7, 11) is 0. The molecule has 0 spiro atoms. The average molecular weight is 359 g/mol. The van der Waals surface area contributed by atoms with Crippen molar-refractivity contribution < 1.29 is 4.79 Å². The third-order valence-electron chi connectivity index (χ3n) is 5.23. The molecule has 138 valence electrons. The van der Waals surface area contributed by atoms with Crippen LogP contribution >= 0.6 is 0 Å². The second-order valence-electron chi connectivity index (χ2n) is 6.99. The molecule has 4 heteroatoms. The van der Waals surface area contributed by atoms with E-state index >= 15 is 0 Å². The molecule has 0 fully saturated rings. The second kappa shape index (κ2) is 8.12. The Labute approximate surface area is 160 Å². The van der Waals surface area contributed by atoms with Crippen LogP contribution in [-0.2, 0) is 19.4 Å². The molecule has 1 aromatic heterocycles. The summed E-state index contributed by atoms with van der Waals surface area (Å²) in [4.78, 5) is 14.9. The van der Waals surface area contributed by atoms with E-state index in [1.807, 2.05) is 29.2 Å². The SMILES string of the molecule is O=C(NCCc1ccccc1)N1CCn2cccc2[C@H]1Cc1ccccc1. The summed E-state index contributed by atoms with van der Waals surface area (Å²) in [5, 5.41) is 3.12. The lowest BCUT2D eigenvalue weighted by atomic mass is 10.0. The van der Waals surface area contributed by atoms with Gasteiger partial charge >= 0.3 is 6.03 Å². The molecule has 0 saturated carbocycles. The number of carbonyl (C=O) groups excluding carboxylic acids is 1. The molecule has 0 unspecified atom stereocenters. The predicted molar refractivity (Wildman–Crippen MR) is 108 cm³/mol. The van der Waals surface area contributed by atoms with E-state index in [4.69, 9.17) is 0 Å². The quantitative estimate of drug-likeness (QED) is 0.733. The number of hydrogen-bond acceptors (Lipinski definition) is 1. The van der Waals surface area contributed by atoms with Gasteiger partial charge in [0.1, 0.15) is 0 Å². The van der Waals surface area contributed by atoms with E-state index in [2.05, 4.69) is 64.6 Å². The Kier molecular flexibility index (Phi) is 5.24. The molecule has 0 saturated heterocycles. The zero-order valence-corrected chi connectivity index (χ0v) is 15.4. The van der Waals surface area contributed by atoms with E-state index < -0.39 is 0 Å². The monoisotopic (exact) mass is 359 g/mol. The summed E-state index contributed by atoms with van der Waals surface area (Å²) < 4.78 is 2.27. The topological polar surface area (TPSA) is 37.3 Å². The number of aromatic nitrogens is 1. The summed E-state index contributed by atoms with van der Waals surface area (Å²) in [5.41, 5.74) is 3.70. The minimum Gasteiger partial charge on any atom is -0.348 e. The lowest BCUT2D eigenvalue weighted by molar-refractivity contribution is 0.155. The molecule has 1 atom stereocenters. The van der Waals surface area contributed by atoms with Crippen molar-refractivity contribution in [3.63, 3.8) is 0 Å². The maximum absolute atomic E-state index is 12.9. The highest BCUT2D eigenvalue weighted by molar-refractivity contribution is 5.75. The fraction of sp³-hybridized carbons (Fsp3) is 0.261. The summed E-state index contributed by atoms with van der Waals surface area (Å²) >= 11 is 0. The van der Waals surface area contributed by atoms with E-state index in [0.717, 1.165) is 25.9 Å². The number of hydrogen-bond donors (Lipinski definition) is 1. The van der Waals surface area contributed by atoms with Crippen LogP contribution in [0.3, 0.4) is 0 Å². The molecular weight excluding hydrogens is 334 g/mol. The van der Waals surface area contributed by atoms with Gasteiger partial charge in [0.25, 0.3) is 0 Å². The minimum absolute atomic E-state index is 0.0271. The molecule has 27 heavy (non-hydrogen) atoms. The molecule has 0 bridgehead atoms. The molecule has 4 nitrogen and oxygen atoms in total. The van der Waals surface area contributed by atoms with Crippen molar-refractivity contribution in [2.45, 2.75) is 25.4 Å². The first-order chi connectivity index (χ1) is 13.3. The fourth-order valence-corrected chi connectivity index (χ4v) is 3.82. The van der Waals surface area contributed by atoms with Crippen LogP contribution < -0.4 is 5.32 Å². The van der Waals surface area contributed by atoms with Crippen LogP contribution in [0.1, 0.15) is 22.9 Å². The number of nitrogens with one attached hydrogen (secondary N) is 1. The first-order valence-corrected chi connectivity index (χ1v) is 9.58. The average Bonchev–Trinajstić information content (AvgIpc) is 3.19. The number of urea groups is 1. The summed E-state index contributed by atoms with van der Waals surface area (Å²) in [5.74, 6) is 0. The molecule has 3 aromatic rings. The lowest BCUT2D eigenvalue weighted by Gasteiger charge is -2.37. The third kappa shape index (κ3) is 4.05. The van der Waals surface area contributed by atoms with Crippen molar-refractivity contribution >= 4 is 6.03 Å². The van der Waals surface area contributed by atoms with Gasteiger partial charge in [-0.1, -0.05) is 60.7 Å². The lowest BCUT2D eigenvalue weighted by Crippen LogP contribution is -2.48. The highest BCUT2D eigenvalue weighted by Crippen LogP contribution is 2.29. The molecule has 0 aliphatic carbocycles. The van der Waals surface area contributed by atoms with Gasteiger partial charge in [0, 0.05) is 31.5 Å². The fourth-order valence-electron chi connectivity index (χ4n) is 3.82. The number of benzene rings is 2. The number of carbonyl (C=O) groups is 1. The van der Waals surface area contributed by atoms with Gasteiger partial charge in [0.15, 0.2) is 0 Å². The van der Waals surface area contributed by atoms with Crippen LogP contribution in [0.15, 0.2) is 79.0 Å². The van der Waals surface area contributed by atoms with E-state index in [-0.39, 0.29) is 12.1 Å². The minimum atomic E-state index is 0.0271. The van der Waals surface area contributed by atoms with Crippen molar-refractivity contribution in [3.05, 3.63) is 95.8 Å². The van der Waals surface area contributed by atoms with Crippen molar-refractivity contribution in [2.75, 3.05) is 13.1 Å². The summed E-state index contributed by atoms with van der Waals surface area (Å²) in [6.45, 7) is 2.23. The standard InChI is InChI=1S/C23H25N3O/c27-23(24-14-13-19-8-3-1-4-9-19)26-17-16-25-15-7-12-21(25)22(26)18-20-10-5-2-6-11-20/h1-12,15,22H,13-14,16-18H2,(H,24,27)/t22-/m1/s1. The largest absolute Gasteiger partial charge is 0.348 e. The van der Waals surface area contributed by atoms with Gasteiger partial charge < -0.3 is 14.8 Å². The summed E-state index contributed by atoms with van der Waals surface area (Å²) in [6.07, 6.45) is 3.79. The molecule has 2 heterocycles. The Bertz CT molecular complexity index is 873. The molecular formula is C23H25N3O. The second-order valence-corrected chi connectivity index (χ2v) is 6.99. The molecule has 1 aliphatic rings. The Balaban J connectivity index is 1.45. The van der Waals surface area contributed by atoms with E-state index in [0.29, 0.717) is 6.54 Å². The van der Waals surface area contributed by atoms with E-state index in [9.17, 15) is 4.79 Å². The zero-order valence-electron chi connectivity index (χ0n) is 15.4. The number of amides is 2. The van der Waals surface area contributed by atoms with Gasteiger partial charge in [0.05, 0.1) is 6.04 Å². The summed E-state index contributed by atoms with van der Waals surface area (Å²) in [6, 6.07) is 25.0. The van der Waals surface area contributed by atoms with Gasteiger partial charge in [-0.05, 0) is 36.1 Å². The predicted octanol–water partition coefficient (Wildman–Crippen LogP) is 4.04. The van der Waals surface area contributed by atoms with Crippen LogP contribution in [0.5, 0.6) is 0 Å².